The van der Waals surface area contributed by atoms with Crippen LogP contribution in [0.1, 0.15) is 11.3 Å². The number of hydrogen-bond donors (Lipinski definition) is 1. The molecule has 2 aromatic rings. The summed E-state index contributed by atoms with van der Waals surface area (Å²) < 4.78 is 6.08. The summed E-state index contributed by atoms with van der Waals surface area (Å²) >= 11 is 3.44. The van der Waals surface area contributed by atoms with Gasteiger partial charge in [-0.2, -0.15) is 0 Å². The van der Waals surface area contributed by atoms with Crippen LogP contribution in [0.15, 0.2) is 21.1 Å². The second-order valence-corrected chi connectivity index (χ2v) is 3.68. The van der Waals surface area contributed by atoms with Crippen molar-refractivity contribution >= 4 is 26.9 Å². The maximum atomic E-state index is 5.56. The van der Waals surface area contributed by atoms with Gasteiger partial charge in [0, 0.05) is 11.9 Å². The maximum absolute atomic E-state index is 5.56. The van der Waals surface area contributed by atoms with Crippen molar-refractivity contribution in [1.82, 2.24) is 5.16 Å². The molecule has 0 aliphatic rings. The van der Waals surface area contributed by atoms with Crippen molar-refractivity contribution in [3.63, 3.8) is 0 Å². The van der Waals surface area contributed by atoms with Crippen LogP contribution in [0.3, 0.4) is 0 Å². The zero-order valence-electron chi connectivity index (χ0n) is 7.17. The van der Waals surface area contributed by atoms with Crippen molar-refractivity contribution < 1.29 is 4.52 Å². The SMILES string of the molecule is Cc1noc2c(Br)c(CN)ccc12. The third kappa shape index (κ3) is 1.26. The second kappa shape index (κ2) is 3.12. The minimum absolute atomic E-state index is 0.496. The largest absolute Gasteiger partial charge is 0.355 e. The highest BCUT2D eigenvalue weighted by molar-refractivity contribution is 9.10. The molecule has 1 heterocycles. The average Bonchev–Trinajstić information content (AvgIpc) is 2.50. The van der Waals surface area contributed by atoms with Gasteiger partial charge in [0.05, 0.1) is 10.2 Å². The third-order valence-electron chi connectivity index (χ3n) is 2.06. The normalized spacial score (nSPS) is 11.0. The molecule has 0 saturated heterocycles. The molecule has 0 fully saturated rings. The second-order valence-electron chi connectivity index (χ2n) is 2.89. The smallest absolute Gasteiger partial charge is 0.181 e. The molecule has 13 heavy (non-hydrogen) atoms. The van der Waals surface area contributed by atoms with Gasteiger partial charge in [-0.15, -0.1) is 0 Å². The molecule has 2 rings (SSSR count). The number of aryl methyl sites for hydroxylation is 1. The van der Waals surface area contributed by atoms with E-state index in [4.69, 9.17) is 10.3 Å². The highest BCUT2D eigenvalue weighted by Crippen LogP contribution is 2.29. The van der Waals surface area contributed by atoms with Gasteiger partial charge in [-0.05, 0) is 34.5 Å². The van der Waals surface area contributed by atoms with E-state index in [-0.39, 0.29) is 0 Å². The molecule has 4 heteroatoms. The molecule has 0 amide bonds. The molecule has 2 N–H and O–H groups in total. The van der Waals surface area contributed by atoms with Crippen LogP contribution in [0, 0.1) is 6.92 Å². The summed E-state index contributed by atoms with van der Waals surface area (Å²) in [6, 6.07) is 3.96. The van der Waals surface area contributed by atoms with E-state index < -0.39 is 0 Å². The first-order valence-corrected chi connectivity index (χ1v) is 4.76. The molecule has 0 atom stereocenters. The van der Waals surface area contributed by atoms with E-state index in [1.54, 1.807) is 0 Å². The Hall–Kier alpha value is -0.870. The Morgan fingerprint density at radius 3 is 3.00 bits per heavy atom. The summed E-state index contributed by atoms with van der Waals surface area (Å²) in [5.74, 6) is 0. The van der Waals surface area contributed by atoms with E-state index in [1.807, 2.05) is 19.1 Å². The van der Waals surface area contributed by atoms with Gasteiger partial charge in [-0.25, -0.2) is 0 Å². The summed E-state index contributed by atoms with van der Waals surface area (Å²) in [5.41, 5.74) is 8.27. The van der Waals surface area contributed by atoms with Crippen LogP contribution in [-0.2, 0) is 6.54 Å². The fourth-order valence-corrected chi connectivity index (χ4v) is 1.87. The highest BCUT2D eigenvalue weighted by atomic mass is 79.9. The van der Waals surface area contributed by atoms with Gasteiger partial charge >= 0.3 is 0 Å². The zero-order valence-corrected chi connectivity index (χ0v) is 8.76. The number of hydrogen-bond acceptors (Lipinski definition) is 3. The Morgan fingerprint density at radius 1 is 1.54 bits per heavy atom. The van der Waals surface area contributed by atoms with E-state index in [0.717, 1.165) is 26.7 Å². The maximum Gasteiger partial charge on any atom is 0.181 e. The zero-order chi connectivity index (χ0) is 9.42. The topological polar surface area (TPSA) is 52.0 Å². The molecule has 0 radical (unpaired) electrons. The predicted octanol–water partition coefficient (Wildman–Crippen LogP) is 2.36. The Kier molecular flexibility index (Phi) is 2.09. The van der Waals surface area contributed by atoms with Crippen LogP contribution in [-0.4, -0.2) is 5.16 Å². The molecule has 0 saturated carbocycles. The molecule has 0 aliphatic carbocycles. The van der Waals surface area contributed by atoms with Crippen LogP contribution in [0.4, 0.5) is 0 Å². The van der Waals surface area contributed by atoms with Crippen LogP contribution in [0.2, 0.25) is 0 Å². The van der Waals surface area contributed by atoms with E-state index in [2.05, 4.69) is 21.1 Å². The van der Waals surface area contributed by atoms with Crippen LogP contribution in [0.25, 0.3) is 11.0 Å². The molecular weight excluding hydrogens is 232 g/mol. The number of fused-ring (bicyclic) bond motifs is 1. The molecule has 1 aromatic carbocycles. The molecule has 68 valence electrons. The third-order valence-corrected chi connectivity index (χ3v) is 2.93. The van der Waals surface area contributed by atoms with Gasteiger partial charge in [0.15, 0.2) is 5.58 Å². The summed E-state index contributed by atoms with van der Waals surface area (Å²) in [6.45, 7) is 2.41. The lowest BCUT2D eigenvalue weighted by Crippen LogP contribution is -1.96. The molecule has 3 nitrogen and oxygen atoms in total. The van der Waals surface area contributed by atoms with Crippen molar-refractivity contribution in [2.24, 2.45) is 5.73 Å². The van der Waals surface area contributed by atoms with Crippen LogP contribution < -0.4 is 5.73 Å². The number of rotatable bonds is 1. The van der Waals surface area contributed by atoms with Gasteiger partial charge in [0.1, 0.15) is 0 Å². The first-order valence-electron chi connectivity index (χ1n) is 3.97. The molecule has 0 bridgehead atoms. The fraction of sp³-hybridized carbons (Fsp3) is 0.222. The Bertz CT molecular complexity index is 450. The summed E-state index contributed by atoms with van der Waals surface area (Å²) in [4.78, 5) is 0. The van der Waals surface area contributed by atoms with Gasteiger partial charge in [0.2, 0.25) is 0 Å². The van der Waals surface area contributed by atoms with Gasteiger partial charge < -0.3 is 10.3 Å². The number of benzene rings is 1. The first kappa shape index (κ1) is 8.72. The van der Waals surface area contributed by atoms with Gasteiger partial charge in [-0.3, -0.25) is 0 Å². The molecule has 0 unspecified atom stereocenters. The molecule has 0 spiro atoms. The van der Waals surface area contributed by atoms with E-state index in [9.17, 15) is 0 Å². The number of nitrogens with two attached hydrogens (primary N) is 1. The molecule has 0 aliphatic heterocycles. The molecular formula is C9H9BrN2O. The van der Waals surface area contributed by atoms with E-state index in [0.29, 0.717) is 6.54 Å². The summed E-state index contributed by atoms with van der Waals surface area (Å²) in [6.07, 6.45) is 0. The number of nitrogens with zero attached hydrogens (tertiary/aromatic N) is 1. The van der Waals surface area contributed by atoms with Crippen molar-refractivity contribution in [2.45, 2.75) is 13.5 Å². The lowest BCUT2D eigenvalue weighted by atomic mass is 10.1. The number of aromatic nitrogens is 1. The minimum Gasteiger partial charge on any atom is -0.355 e. The standard InChI is InChI=1S/C9H9BrN2O/c1-5-7-3-2-6(4-11)8(10)9(7)13-12-5/h2-3H,4,11H2,1H3. The van der Waals surface area contributed by atoms with Gasteiger partial charge in [-0.1, -0.05) is 11.2 Å². The fourth-order valence-electron chi connectivity index (χ4n) is 1.29. The van der Waals surface area contributed by atoms with E-state index >= 15 is 0 Å². The van der Waals surface area contributed by atoms with Crippen molar-refractivity contribution in [1.29, 1.82) is 0 Å². The summed E-state index contributed by atoms with van der Waals surface area (Å²) in [7, 11) is 0. The Morgan fingerprint density at radius 2 is 2.31 bits per heavy atom. The number of halogens is 1. The lowest BCUT2D eigenvalue weighted by Gasteiger charge is -1.99. The average molecular weight is 241 g/mol. The van der Waals surface area contributed by atoms with Crippen molar-refractivity contribution in [3.05, 3.63) is 27.9 Å². The molecule has 1 aromatic heterocycles. The summed E-state index contributed by atoms with van der Waals surface area (Å²) in [5, 5.41) is 4.92. The van der Waals surface area contributed by atoms with Crippen molar-refractivity contribution in [3.8, 4) is 0 Å². The quantitative estimate of drug-likeness (QED) is 0.833. The Labute approximate surface area is 84.0 Å². The monoisotopic (exact) mass is 240 g/mol. The minimum atomic E-state index is 0.496. The van der Waals surface area contributed by atoms with Crippen LogP contribution in [0.5, 0.6) is 0 Å². The van der Waals surface area contributed by atoms with Crippen molar-refractivity contribution in [2.75, 3.05) is 0 Å². The van der Waals surface area contributed by atoms with Gasteiger partial charge in [0.25, 0.3) is 0 Å². The first-order chi connectivity index (χ1) is 6.24. The Balaban J connectivity index is 2.80. The van der Waals surface area contributed by atoms with Crippen LogP contribution >= 0.6 is 15.9 Å². The predicted molar refractivity (Wildman–Crippen MR) is 54.3 cm³/mol. The highest BCUT2D eigenvalue weighted by Gasteiger charge is 2.10. The lowest BCUT2D eigenvalue weighted by molar-refractivity contribution is 0.449. The van der Waals surface area contributed by atoms with E-state index in [1.165, 1.54) is 0 Å².